The highest BCUT2D eigenvalue weighted by Gasteiger charge is 2.22. The standard InChI is InChI=1S/C21H16Cl2FN5O3/c1-12-16(10-31-14-7-5-13(24)6-8-14)19(28-32-12)20(30)26-21-25-11-29(27-21)9-15-17(22)3-2-4-18(15)23/h2-8,11H,9-10H2,1H3,(H,26,27,30). The normalized spacial score (nSPS) is 10.9. The molecule has 2 aromatic carbocycles. The van der Waals surface area contributed by atoms with Gasteiger partial charge in [0, 0.05) is 15.6 Å². The quantitative estimate of drug-likeness (QED) is 0.408. The van der Waals surface area contributed by atoms with E-state index >= 15 is 0 Å². The summed E-state index contributed by atoms with van der Waals surface area (Å²) in [7, 11) is 0. The first kappa shape index (κ1) is 21.8. The Hall–Kier alpha value is -3.43. The Balaban J connectivity index is 1.44. The van der Waals surface area contributed by atoms with Crippen molar-refractivity contribution in [1.82, 2.24) is 19.9 Å². The van der Waals surface area contributed by atoms with Gasteiger partial charge in [0.25, 0.3) is 5.91 Å². The van der Waals surface area contributed by atoms with Gasteiger partial charge in [0.05, 0.1) is 12.1 Å². The van der Waals surface area contributed by atoms with Crippen LogP contribution in [-0.4, -0.2) is 25.8 Å². The number of rotatable bonds is 7. The number of amides is 1. The Morgan fingerprint density at radius 2 is 1.88 bits per heavy atom. The molecule has 1 amide bonds. The van der Waals surface area contributed by atoms with Crippen molar-refractivity contribution in [3.8, 4) is 5.75 Å². The van der Waals surface area contributed by atoms with Gasteiger partial charge in [-0.05, 0) is 43.3 Å². The second kappa shape index (κ2) is 9.37. The van der Waals surface area contributed by atoms with Crippen molar-refractivity contribution in [2.45, 2.75) is 20.1 Å². The number of hydrogen-bond donors (Lipinski definition) is 1. The van der Waals surface area contributed by atoms with E-state index in [1.54, 1.807) is 25.1 Å². The predicted octanol–water partition coefficient (Wildman–Crippen LogP) is 4.90. The molecule has 2 heterocycles. The molecular weight excluding hydrogens is 460 g/mol. The number of nitrogens with one attached hydrogen (secondary N) is 1. The van der Waals surface area contributed by atoms with Gasteiger partial charge in [-0.3, -0.25) is 10.1 Å². The molecule has 0 saturated carbocycles. The molecule has 8 nitrogen and oxygen atoms in total. The summed E-state index contributed by atoms with van der Waals surface area (Å²) in [5, 5.41) is 11.6. The smallest absolute Gasteiger partial charge is 0.280 e. The molecule has 0 bridgehead atoms. The minimum atomic E-state index is -0.562. The maximum atomic E-state index is 13.0. The first-order valence-electron chi connectivity index (χ1n) is 9.38. The Bertz CT molecular complexity index is 1240. The summed E-state index contributed by atoms with van der Waals surface area (Å²) in [4.78, 5) is 16.8. The molecule has 1 N–H and O–H groups in total. The van der Waals surface area contributed by atoms with Crippen LogP contribution in [0, 0.1) is 12.7 Å². The number of nitrogens with zero attached hydrogens (tertiary/aromatic N) is 4. The second-order valence-electron chi connectivity index (χ2n) is 6.73. The number of carbonyl (C=O) groups excluding carboxylic acids is 1. The van der Waals surface area contributed by atoms with Crippen molar-refractivity contribution in [3.05, 3.63) is 87.2 Å². The lowest BCUT2D eigenvalue weighted by Gasteiger charge is -2.07. The minimum Gasteiger partial charge on any atom is -0.489 e. The van der Waals surface area contributed by atoms with Crippen LogP contribution < -0.4 is 10.1 Å². The van der Waals surface area contributed by atoms with Gasteiger partial charge >= 0.3 is 0 Å². The van der Waals surface area contributed by atoms with Crippen LogP contribution in [0.5, 0.6) is 5.75 Å². The van der Waals surface area contributed by atoms with Crippen LogP contribution in [0.2, 0.25) is 10.0 Å². The van der Waals surface area contributed by atoms with Gasteiger partial charge in [-0.1, -0.05) is 34.4 Å². The predicted molar refractivity (Wildman–Crippen MR) is 116 cm³/mol. The van der Waals surface area contributed by atoms with E-state index in [0.717, 1.165) is 0 Å². The van der Waals surface area contributed by atoms with Gasteiger partial charge in [-0.25, -0.2) is 14.1 Å². The molecule has 0 aliphatic carbocycles. The molecule has 0 saturated heterocycles. The molecule has 164 valence electrons. The van der Waals surface area contributed by atoms with E-state index in [9.17, 15) is 9.18 Å². The lowest BCUT2D eigenvalue weighted by molar-refractivity contribution is 0.101. The van der Waals surface area contributed by atoms with E-state index in [1.807, 2.05) is 0 Å². The molecule has 0 radical (unpaired) electrons. The summed E-state index contributed by atoms with van der Waals surface area (Å²) in [6.07, 6.45) is 1.45. The molecule has 4 aromatic rings. The fraction of sp³-hybridized carbons (Fsp3) is 0.143. The highest BCUT2D eigenvalue weighted by Crippen LogP contribution is 2.25. The van der Waals surface area contributed by atoms with Crippen LogP contribution in [-0.2, 0) is 13.2 Å². The monoisotopic (exact) mass is 475 g/mol. The van der Waals surface area contributed by atoms with E-state index in [2.05, 4.69) is 20.6 Å². The van der Waals surface area contributed by atoms with E-state index in [4.69, 9.17) is 32.5 Å². The summed E-state index contributed by atoms with van der Waals surface area (Å²) >= 11 is 12.4. The summed E-state index contributed by atoms with van der Waals surface area (Å²) in [5.74, 6) is 0.000691. The fourth-order valence-electron chi connectivity index (χ4n) is 2.86. The highest BCUT2D eigenvalue weighted by molar-refractivity contribution is 6.35. The van der Waals surface area contributed by atoms with Crippen LogP contribution in [0.1, 0.15) is 27.4 Å². The first-order chi connectivity index (χ1) is 15.4. The summed E-state index contributed by atoms with van der Waals surface area (Å²) in [6, 6.07) is 10.7. The van der Waals surface area contributed by atoms with Crippen molar-refractivity contribution >= 4 is 35.1 Å². The first-order valence-corrected chi connectivity index (χ1v) is 10.1. The Kier molecular flexibility index (Phi) is 6.38. The SMILES string of the molecule is Cc1onc(C(=O)Nc2ncn(Cc3c(Cl)cccc3Cl)n2)c1COc1ccc(F)cc1. The summed E-state index contributed by atoms with van der Waals surface area (Å²) in [6.45, 7) is 1.95. The van der Waals surface area contributed by atoms with Crippen LogP contribution in [0.15, 0.2) is 53.3 Å². The van der Waals surface area contributed by atoms with Crippen LogP contribution in [0.4, 0.5) is 10.3 Å². The van der Waals surface area contributed by atoms with Gasteiger partial charge in [0.1, 0.15) is 30.3 Å². The second-order valence-corrected chi connectivity index (χ2v) is 7.54. The van der Waals surface area contributed by atoms with Gasteiger partial charge in [-0.2, -0.15) is 0 Å². The van der Waals surface area contributed by atoms with Gasteiger partial charge < -0.3 is 9.26 Å². The van der Waals surface area contributed by atoms with Crippen LogP contribution in [0.25, 0.3) is 0 Å². The molecular formula is C21H16Cl2FN5O3. The number of halogens is 3. The number of aromatic nitrogens is 4. The molecule has 0 spiro atoms. The zero-order chi connectivity index (χ0) is 22.7. The van der Waals surface area contributed by atoms with Crippen molar-refractivity contribution in [1.29, 1.82) is 0 Å². The molecule has 0 aliphatic heterocycles. The maximum absolute atomic E-state index is 13.0. The lowest BCUT2D eigenvalue weighted by Crippen LogP contribution is -2.16. The summed E-state index contributed by atoms with van der Waals surface area (Å²) < 4.78 is 25.3. The third-order valence-corrected chi connectivity index (χ3v) is 5.25. The van der Waals surface area contributed by atoms with Gasteiger partial charge in [0.2, 0.25) is 5.95 Å². The minimum absolute atomic E-state index is 0.0105. The number of aryl methyl sites for hydroxylation is 1. The Morgan fingerprint density at radius 3 is 2.59 bits per heavy atom. The fourth-order valence-corrected chi connectivity index (χ4v) is 3.38. The molecule has 4 rings (SSSR count). The van der Waals surface area contributed by atoms with Crippen molar-refractivity contribution < 1.29 is 18.4 Å². The van der Waals surface area contributed by atoms with Crippen molar-refractivity contribution in [2.24, 2.45) is 0 Å². The third-order valence-electron chi connectivity index (χ3n) is 4.54. The summed E-state index contributed by atoms with van der Waals surface area (Å²) in [5.41, 5.74) is 1.18. The maximum Gasteiger partial charge on any atom is 0.280 e. The van der Waals surface area contributed by atoms with E-state index < -0.39 is 5.91 Å². The topological polar surface area (TPSA) is 95.1 Å². The van der Waals surface area contributed by atoms with Crippen molar-refractivity contribution in [3.63, 3.8) is 0 Å². The average Bonchev–Trinajstić information content (AvgIpc) is 3.36. The largest absolute Gasteiger partial charge is 0.489 e. The number of benzene rings is 2. The molecule has 0 fully saturated rings. The number of hydrogen-bond acceptors (Lipinski definition) is 6. The Labute approximate surface area is 191 Å². The van der Waals surface area contributed by atoms with E-state index in [-0.39, 0.29) is 30.6 Å². The molecule has 0 aliphatic rings. The number of anilines is 1. The number of ether oxygens (including phenoxy) is 1. The molecule has 2 aromatic heterocycles. The number of carbonyl (C=O) groups is 1. The van der Waals surface area contributed by atoms with Crippen molar-refractivity contribution in [2.75, 3.05) is 5.32 Å². The van der Waals surface area contributed by atoms with E-state index in [0.29, 0.717) is 32.7 Å². The van der Waals surface area contributed by atoms with Crippen LogP contribution >= 0.6 is 23.2 Å². The lowest BCUT2D eigenvalue weighted by atomic mass is 10.2. The average molecular weight is 476 g/mol. The van der Waals surface area contributed by atoms with E-state index in [1.165, 1.54) is 35.3 Å². The Morgan fingerprint density at radius 1 is 1.16 bits per heavy atom. The zero-order valence-corrected chi connectivity index (χ0v) is 18.2. The molecule has 0 atom stereocenters. The molecule has 32 heavy (non-hydrogen) atoms. The van der Waals surface area contributed by atoms with Gasteiger partial charge in [0.15, 0.2) is 5.69 Å². The molecule has 0 unspecified atom stereocenters. The van der Waals surface area contributed by atoms with Gasteiger partial charge in [-0.15, -0.1) is 5.10 Å². The van der Waals surface area contributed by atoms with Crippen LogP contribution in [0.3, 0.4) is 0 Å². The molecule has 11 heteroatoms. The zero-order valence-electron chi connectivity index (χ0n) is 16.7. The highest BCUT2D eigenvalue weighted by atomic mass is 35.5. The third kappa shape index (κ3) is 4.90.